The van der Waals surface area contributed by atoms with Crippen LogP contribution in [0.3, 0.4) is 0 Å². The maximum atomic E-state index is 10.5. The molecule has 0 saturated heterocycles. The molecule has 98 valence electrons. The summed E-state index contributed by atoms with van der Waals surface area (Å²) in [5.74, 6) is 2.48. The van der Waals surface area contributed by atoms with Gasteiger partial charge in [-0.3, -0.25) is 4.90 Å². The molecule has 2 aliphatic rings. The zero-order valence-corrected chi connectivity index (χ0v) is 11.0. The van der Waals surface area contributed by atoms with Gasteiger partial charge in [-0.2, -0.15) is 0 Å². The van der Waals surface area contributed by atoms with E-state index >= 15 is 0 Å². The smallest absolute Gasteiger partial charge is 0.125 e. The van der Waals surface area contributed by atoms with Gasteiger partial charge in [0.05, 0.1) is 6.04 Å². The monoisotopic (exact) mass is 247 g/mol. The predicted molar refractivity (Wildman–Crippen MR) is 70.6 cm³/mol. The van der Waals surface area contributed by atoms with Gasteiger partial charge in [-0.25, -0.2) is 0 Å². The molecule has 1 aliphatic carbocycles. The van der Waals surface area contributed by atoms with E-state index in [4.69, 9.17) is 4.74 Å². The minimum atomic E-state index is -0.436. The zero-order valence-electron chi connectivity index (χ0n) is 11.0. The Labute approximate surface area is 108 Å². The molecule has 0 amide bonds. The number of fused-ring (bicyclic) bond motifs is 1. The van der Waals surface area contributed by atoms with Crippen molar-refractivity contribution in [3.63, 3.8) is 0 Å². The Morgan fingerprint density at radius 3 is 2.83 bits per heavy atom. The molecule has 0 radical (unpaired) electrons. The highest BCUT2D eigenvalue weighted by Crippen LogP contribution is 2.40. The Hall–Kier alpha value is -1.06. The van der Waals surface area contributed by atoms with Crippen molar-refractivity contribution in [2.75, 3.05) is 20.2 Å². The van der Waals surface area contributed by atoms with Crippen molar-refractivity contribution < 1.29 is 9.84 Å². The molecular formula is C15H21NO2. The van der Waals surface area contributed by atoms with Crippen LogP contribution in [0.5, 0.6) is 5.75 Å². The van der Waals surface area contributed by atoms with Crippen molar-refractivity contribution in [2.24, 2.45) is 11.8 Å². The van der Waals surface area contributed by atoms with Crippen LogP contribution < -0.4 is 4.74 Å². The van der Waals surface area contributed by atoms with E-state index in [0.29, 0.717) is 6.61 Å². The number of likely N-dealkylation sites (N-methyl/N-ethyl adjacent to an activating group) is 1. The van der Waals surface area contributed by atoms with Gasteiger partial charge in [-0.05, 0) is 31.4 Å². The lowest BCUT2D eigenvalue weighted by Gasteiger charge is -2.36. The molecule has 3 nitrogen and oxygen atoms in total. The van der Waals surface area contributed by atoms with Crippen LogP contribution in [0.15, 0.2) is 24.3 Å². The quantitative estimate of drug-likeness (QED) is 0.887. The summed E-state index contributed by atoms with van der Waals surface area (Å²) >= 11 is 0. The first-order valence-corrected chi connectivity index (χ1v) is 6.77. The highest BCUT2D eigenvalue weighted by molar-refractivity contribution is 5.37. The van der Waals surface area contributed by atoms with E-state index in [0.717, 1.165) is 29.7 Å². The van der Waals surface area contributed by atoms with Crippen LogP contribution in [0.2, 0.25) is 0 Å². The highest BCUT2D eigenvalue weighted by Gasteiger charge is 2.38. The lowest BCUT2D eigenvalue weighted by Crippen LogP contribution is -2.44. The van der Waals surface area contributed by atoms with Gasteiger partial charge in [0.2, 0.25) is 0 Å². The Kier molecular flexibility index (Phi) is 3.04. The van der Waals surface area contributed by atoms with Gasteiger partial charge in [-0.1, -0.05) is 25.1 Å². The number of ether oxygens (including phenoxy) is 1. The first-order valence-electron chi connectivity index (χ1n) is 6.77. The predicted octanol–water partition coefficient (Wildman–Crippen LogP) is 2.07. The average molecular weight is 247 g/mol. The molecule has 0 aromatic heterocycles. The Bertz CT molecular complexity index is 434. The Morgan fingerprint density at radius 1 is 1.39 bits per heavy atom. The SMILES string of the molecule is CC1CC1CN(C)C1COc2ccccc2C1O. The fourth-order valence-corrected chi connectivity index (χ4v) is 2.86. The highest BCUT2D eigenvalue weighted by atomic mass is 16.5. The molecule has 3 rings (SSSR count). The zero-order chi connectivity index (χ0) is 12.7. The normalized spacial score (nSPS) is 34.0. The minimum absolute atomic E-state index is 0.0766. The van der Waals surface area contributed by atoms with E-state index in [9.17, 15) is 5.11 Å². The van der Waals surface area contributed by atoms with Crippen molar-refractivity contribution in [2.45, 2.75) is 25.5 Å². The fourth-order valence-electron chi connectivity index (χ4n) is 2.86. The molecule has 4 atom stereocenters. The topological polar surface area (TPSA) is 32.7 Å². The fraction of sp³-hybridized carbons (Fsp3) is 0.600. The number of aliphatic hydroxyl groups excluding tert-OH is 1. The van der Waals surface area contributed by atoms with Gasteiger partial charge in [0.25, 0.3) is 0 Å². The van der Waals surface area contributed by atoms with Crippen molar-refractivity contribution in [1.82, 2.24) is 4.90 Å². The van der Waals surface area contributed by atoms with Gasteiger partial charge < -0.3 is 9.84 Å². The van der Waals surface area contributed by atoms with Crippen molar-refractivity contribution in [3.8, 4) is 5.75 Å². The number of aliphatic hydroxyl groups is 1. The Balaban J connectivity index is 1.71. The van der Waals surface area contributed by atoms with Crippen molar-refractivity contribution >= 4 is 0 Å². The summed E-state index contributed by atoms with van der Waals surface area (Å²) in [4.78, 5) is 2.26. The summed E-state index contributed by atoms with van der Waals surface area (Å²) in [6.45, 7) is 3.94. The van der Waals surface area contributed by atoms with Crippen LogP contribution >= 0.6 is 0 Å². The summed E-state index contributed by atoms with van der Waals surface area (Å²) in [5, 5.41) is 10.5. The minimum Gasteiger partial charge on any atom is -0.491 e. The van der Waals surface area contributed by atoms with Crippen LogP contribution in [-0.4, -0.2) is 36.2 Å². The van der Waals surface area contributed by atoms with E-state index in [1.165, 1.54) is 6.42 Å². The molecular weight excluding hydrogens is 226 g/mol. The molecule has 0 bridgehead atoms. The molecule has 4 unspecified atom stereocenters. The first-order chi connectivity index (χ1) is 8.66. The van der Waals surface area contributed by atoms with E-state index in [2.05, 4.69) is 18.9 Å². The maximum Gasteiger partial charge on any atom is 0.125 e. The van der Waals surface area contributed by atoms with Gasteiger partial charge >= 0.3 is 0 Å². The van der Waals surface area contributed by atoms with Crippen molar-refractivity contribution in [3.05, 3.63) is 29.8 Å². The summed E-state index contributed by atoms with van der Waals surface area (Å²) in [5.41, 5.74) is 0.921. The van der Waals surface area contributed by atoms with Gasteiger partial charge in [0.1, 0.15) is 18.5 Å². The second-order valence-corrected chi connectivity index (χ2v) is 5.77. The number of rotatable bonds is 3. The third kappa shape index (κ3) is 2.13. The van der Waals surface area contributed by atoms with Crippen LogP contribution in [-0.2, 0) is 0 Å². The molecule has 1 fully saturated rings. The summed E-state index contributed by atoms with van der Waals surface area (Å²) in [7, 11) is 2.09. The maximum absolute atomic E-state index is 10.5. The third-order valence-electron chi connectivity index (χ3n) is 4.38. The van der Waals surface area contributed by atoms with Gasteiger partial charge in [-0.15, -0.1) is 0 Å². The molecule has 1 heterocycles. The van der Waals surface area contributed by atoms with Crippen LogP contribution in [0.25, 0.3) is 0 Å². The van der Waals surface area contributed by atoms with Crippen LogP contribution in [0, 0.1) is 11.8 Å². The number of benzene rings is 1. The lowest BCUT2D eigenvalue weighted by atomic mass is 9.98. The van der Waals surface area contributed by atoms with Gasteiger partial charge in [0.15, 0.2) is 0 Å². The number of para-hydroxylation sites is 1. The molecule has 1 saturated carbocycles. The van der Waals surface area contributed by atoms with Gasteiger partial charge in [0, 0.05) is 12.1 Å². The summed E-state index contributed by atoms with van der Waals surface area (Å²) < 4.78 is 5.75. The number of nitrogens with zero attached hydrogens (tertiary/aromatic N) is 1. The third-order valence-corrected chi connectivity index (χ3v) is 4.38. The second kappa shape index (κ2) is 4.56. The van der Waals surface area contributed by atoms with E-state index in [-0.39, 0.29) is 6.04 Å². The van der Waals surface area contributed by atoms with E-state index in [1.807, 2.05) is 24.3 Å². The standard InChI is InChI=1S/C15H21NO2/c1-10-7-11(10)8-16(2)13-9-18-14-6-4-3-5-12(14)15(13)17/h3-6,10-11,13,15,17H,7-9H2,1-2H3. The largest absolute Gasteiger partial charge is 0.491 e. The average Bonchev–Trinajstić information content (AvgIpc) is 3.05. The molecule has 1 aromatic carbocycles. The van der Waals surface area contributed by atoms with E-state index in [1.54, 1.807) is 0 Å². The molecule has 3 heteroatoms. The molecule has 1 aliphatic heterocycles. The number of hydrogen-bond acceptors (Lipinski definition) is 3. The molecule has 1 N–H and O–H groups in total. The summed E-state index contributed by atoms with van der Waals surface area (Å²) in [6, 6.07) is 7.86. The first kappa shape index (κ1) is 12.0. The van der Waals surface area contributed by atoms with E-state index < -0.39 is 6.10 Å². The lowest BCUT2D eigenvalue weighted by molar-refractivity contribution is 0.0129. The van der Waals surface area contributed by atoms with Crippen LogP contribution in [0.1, 0.15) is 25.0 Å². The molecule has 18 heavy (non-hydrogen) atoms. The Morgan fingerprint density at radius 2 is 2.11 bits per heavy atom. The van der Waals surface area contributed by atoms with Crippen LogP contribution in [0.4, 0.5) is 0 Å². The summed E-state index contributed by atoms with van der Waals surface area (Å²) in [6.07, 6.45) is 0.888. The second-order valence-electron chi connectivity index (χ2n) is 5.77. The van der Waals surface area contributed by atoms with Crippen molar-refractivity contribution in [1.29, 1.82) is 0 Å². The number of hydrogen-bond donors (Lipinski definition) is 1. The molecule has 1 aromatic rings. The molecule has 0 spiro atoms.